The molecule has 0 aliphatic carbocycles. The lowest BCUT2D eigenvalue weighted by molar-refractivity contribution is -0.275. The van der Waals surface area contributed by atoms with Crippen molar-refractivity contribution in [1.29, 1.82) is 0 Å². The molecule has 3 amide bonds. The summed E-state index contributed by atoms with van der Waals surface area (Å²) in [6, 6.07) is 6.39. The second-order valence-corrected chi connectivity index (χ2v) is 7.37. The predicted octanol–water partition coefficient (Wildman–Crippen LogP) is 3.84. The molecule has 12 heteroatoms. The van der Waals surface area contributed by atoms with E-state index >= 15 is 0 Å². The van der Waals surface area contributed by atoms with Gasteiger partial charge in [-0.3, -0.25) is 24.1 Å². The molecule has 3 rings (SSSR count). The molecule has 0 spiro atoms. The molecule has 1 unspecified atom stereocenters. The molecule has 1 N–H and O–H groups in total. The third kappa shape index (κ3) is 5.53. The number of hydrogen-bond donors (Lipinski definition) is 1. The van der Waals surface area contributed by atoms with Crippen LogP contribution < -0.4 is 14.8 Å². The van der Waals surface area contributed by atoms with Crippen molar-refractivity contribution >= 4 is 29.4 Å². The average molecular weight is 494 g/mol. The maximum atomic E-state index is 13.4. The number of esters is 1. The Bertz CT molecular complexity index is 1180. The molecular weight excluding hydrogens is 473 g/mol. The van der Waals surface area contributed by atoms with Gasteiger partial charge in [-0.1, -0.05) is 12.1 Å². The number of benzene rings is 2. The van der Waals surface area contributed by atoms with Crippen LogP contribution in [0.25, 0.3) is 0 Å². The zero-order valence-corrected chi connectivity index (χ0v) is 18.9. The summed E-state index contributed by atoms with van der Waals surface area (Å²) in [5, 5.41) is 2.49. The molecule has 186 valence electrons. The summed E-state index contributed by atoms with van der Waals surface area (Å²) in [6.07, 6.45) is -5.47. The number of carbonyl (C=O) groups is 4. The highest BCUT2D eigenvalue weighted by Gasteiger charge is 2.43. The van der Waals surface area contributed by atoms with Crippen LogP contribution in [0.3, 0.4) is 0 Å². The fourth-order valence-electron chi connectivity index (χ4n) is 3.69. The number of alkyl halides is 3. The van der Waals surface area contributed by atoms with Gasteiger partial charge in [-0.25, -0.2) is 0 Å². The predicted molar refractivity (Wildman–Crippen MR) is 115 cm³/mol. The number of halogens is 3. The molecule has 2 aromatic rings. The van der Waals surface area contributed by atoms with Gasteiger partial charge in [0.1, 0.15) is 0 Å². The number of methoxy groups -OCH3 is 1. The summed E-state index contributed by atoms with van der Waals surface area (Å²) in [4.78, 5) is 51.1. The van der Waals surface area contributed by atoms with Crippen LogP contribution >= 0.6 is 0 Å². The monoisotopic (exact) mass is 494 g/mol. The summed E-state index contributed by atoms with van der Waals surface area (Å²) in [7, 11) is 1.11. The summed E-state index contributed by atoms with van der Waals surface area (Å²) in [5.74, 6) is -3.72. The number of amides is 3. The first-order valence-corrected chi connectivity index (χ1v) is 10.3. The minimum atomic E-state index is -4.98. The molecule has 0 bridgehead atoms. The molecule has 1 aliphatic rings. The zero-order valence-electron chi connectivity index (χ0n) is 18.9. The van der Waals surface area contributed by atoms with Crippen molar-refractivity contribution < 1.29 is 46.6 Å². The molecule has 0 radical (unpaired) electrons. The van der Waals surface area contributed by atoms with Gasteiger partial charge < -0.3 is 19.5 Å². The molecule has 0 fully saturated rings. The van der Waals surface area contributed by atoms with E-state index in [-0.39, 0.29) is 34.7 Å². The van der Waals surface area contributed by atoms with E-state index in [0.29, 0.717) is 0 Å². The number of hydrogen-bond acceptors (Lipinski definition) is 7. The van der Waals surface area contributed by atoms with Crippen LogP contribution in [-0.2, 0) is 14.3 Å². The zero-order chi connectivity index (χ0) is 25.9. The van der Waals surface area contributed by atoms with Crippen molar-refractivity contribution in [3.63, 3.8) is 0 Å². The maximum absolute atomic E-state index is 13.4. The van der Waals surface area contributed by atoms with Crippen molar-refractivity contribution in [2.24, 2.45) is 0 Å². The number of ether oxygens (including phenoxy) is 3. The van der Waals surface area contributed by atoms with Gasteiger partial charge in [-0.05, 0) is 36.8 Å². The third-order valence-electron chi connectivity index (χ3n) is 5.03. The Balaban J connectivity index is 2.10. The number of fused-ring (bicyclic) bond motifs is 1. The van der Waals surface area contributed by atoms with Crippen LogP contribution in [-0.4, -0.2) is 48.7 Å². The first-order valence-electron chi connectivity index (χ1n) is 10.3. The molecule has 1 aliphatic heterocycles. The van der Waals surface area contributed by atoms with Crippen molar-refractivity contribution in [2.45, 2.75) is 32.7 Å². The van der Waals surface area contributed by atoms with E-state index in [1.807, 2.05) is 0 Å². The molecule has 0 saturated carbocycles. The summed E-state index contributed by atoms with van der Waals surface area (Å²) >= 11 is 0. The van der Waals surface area contributed by atoms with Gasteiger partial charge in [0.25, 0.3) is 11.8 Å². The highest BCUT2D eigenvalue weighted by molar-refractivity contribution is 6.24. The van der Waals surface area contributed by atoms with E-state index in [1.54, 1.807) is 6.92 Å². The Hall–Kier alpha value is -4.09. The third-order valence-corrected chi connectivity index (χ3v) is 5.03. The lowest BCUT2D eigenvalue weighted by Gasteiger charge is -2.26. The van der Waals surface area contributed by atoms with Crippen LogP contribution in [0.4, 0.5) is 18.9 Å². The largest absolute Gasteiger partial charge is 0.573 e. The second-order valence-electron chi connectivity index (χ2n) is 7.37. The molecule has 35 heavy (non-hydrogen) atoms. The van der Waals surface area contributed by atoms with E-state index in [2.05, 4.69) is 10.1 Å². The number of carbonyl (C=O) groups excluding carboxylic acids is 4. The van der Waals surface area contributed by atoms with E-state index in [9.17, 15) is 32.3 Å². The fraction of sp³-hybridized carbons (Fsp3) is 0.304. The highest BCUT2D eigenvalue weighted by atomic mass is 19.4. The molecule has 0 aromatic heterocycles. The van der Waals surface area contributed by atoms with E-state index in [0.717, 1.165) is 24.1 Å². The normalized spacial score (nSPS) is 13.8. The van der Waals surface area contributed by atoms with Gasteiger partial charge in [0.05, 0.1) is 43.0 Å². The van der Waals surface area contributed by atoms with Crippen molar-refractivity contribution in [1.82, 2.24) is 4.90 Å². The quantitative estimate of drug-likeness (QED) is 0.438. The van der Waals surface area contributed by atoms with Crippen molar-refractivity contribution in [2.75, 3.05) is 19.0 Å². The van der Waals surface area contributed by atoms with Crippen LogP contribution in [0.5, 0.6) is 11.5 Å². The number of rotatable bonds is 8. The minimum Gasteiger partial charge on any atom is -0.490 e. The SMILES string of the molecule is CCOc1cc(C(CC(=O)OC)N2C(=O)c3cccc(NC(C)=O)c3C2=O)ccc1OC(F)(F)F. The van der Waals surface area contributed by atoms with Crippen LogP contribution in [0.15, 0.2) is 36.4 Å². The lowest BCUT2D eigenvalue weighted by atomic mass is 10.0. The number of anilines is 1. The van der Waals surface area contributed by atoms with Crippen LogP contribution in [0.1, 0.15) is 52.6 Å². The van der Waals surface area contributed by atoms with Gasteiger partial charge in [-0.2, -0.15) is 0 Å². The molecular formula is C23H21F3N2O7. The van der Waals surface area contributed by atoms with Crippen molar-refractivity contribution in [3.8, 4) is 11.5 Å². The maximum Gasteiger partial charge on any atom is 0.573 e. The average Bonchev–Trinajstić information content (AvgIpc) is 3.03. The number of imide groups is 1. The number of nitrogens with zero attached hydrogens (tertiary/aromatic N) is 1. The fourth-order valence-corrected chi connectivity index (χ4v) is 3.69. The van der Waals surface area contributed by atoms with E-state index in [4.69, 9.17) is 9.47 Å². The van der Waals surface area contributed by atoms with Crippen LogP contribution in [0, 0.1) is 0 Å². The van der Waals surface area contributed by atoms with Gasteiger partial charge in [0, 0.05) is 6.92 Å². The minimum absolute atomic E-state index is 0.00169. The molecule has 0 saturated heterocycles. The summed E-state index contributed by atoms with van der Waals surface area (Å²) < 4.78 is 52.4. The first kappa shape index (κ1) is 25.5. The standard InChI is InChI=1S/C23H21F3N2O7/c1-4-34-18-10-13(8-9-17(18)35-23(24,25)26)16(11-19(30)33-3)28-21(31)14-6-5-7-15(27-12(2)29)20(14)22(28)32/h5-10,16H,4,11H2,1-3H3,(H,27,29). The lowest BCUT2D eigenvalue weighted by Crippen LogP contribution is -2.35. The van der Waals surface area contributed by atoms with Gasteiger partial charge in [0.2, 0.25) is 5.91 Å². The highest BCUT2D eigenvalue weighted by Crippen LogP contribution is 2.40. The van der Waals surface area contributed by atoms with Crippen molar-refractivity contribution in [3.05, 3.63) is 53.1 Å². The van der Waals surface area contributed by atoms with Gasteiger partial charge in [-0.15, -0.1) is 13.2 Å². The van der Waals surface area contributed by atoms with Crippen LogP contribution in [0.2, 0.25) is 0 Å². The first-order chi connectivity index (χ1) is 16.5. The second kappa shape index (κ2) is 10.0. The Morgan fingerprint density at radius 2 is 1.80 bits per heavy atom. The molecule has 2 aromatic carbocycles. The Morgan fingerprint density at radius 1 is 1.09 bits per heavy atom. The summed E-state index contributed by atoms with van der Waals surface area (Å²) in [6.45, 7) is 2.77. The van der Waals surface area contributed by atoms with E-state index in [1.165, 1.54) is 31.2 Å². The Labute approximate surface area is 197 Å². The topological polar surface area (TPSA) is 111 Å². The number of nitrogens with one attached hydrogen (secondary N) is 1. The molecule has 1 heterocycles. The van der Waals surface area contributed by atoms with Gasteiger partial charge >= 0.3 is 12.3 Å². The van der Waals surface area contributed by atoms with E-state index < -0.39 is 48.3 Å². The molecule has 9 nitrogen and oxygen atoms in total. The van der Waals surface area contributed by atoms with Gasteiger partial charge in [0.15, 0.2) is 11.5 Å². The Kier molecular flexibility index (Phi) is 7.32. The molecule has 1 atom stereocenters. The smallest absolute Gasteiger partial charge is 0.490 e. The Morgan fingerprint density at radius 3 is 2.40 bits per heavy atom. The summed E-state index contributed by atoms with van der Waals surface area (Å²) in [5.41, 5.74) is 0.170.